The number of rotatable bonds is 3. The summed E-state index contributed by atoms with van der Waals surface area (Å²) in [5, 5.41) is 6.73. The van der Waals surface area contributed by atoms with Crippen molar-refractivity contribution < 1.29 is 4.79 Å². The molecule has 0 aromatic carbocycles. The Morgan fingerprint density at radius 2 is 2.13 bits per heavy atom. The van der Waals surface area contributed by atoms with Crippen LogP contribution in [0.4, 0.5) is 11.5 Å². The van der Waals surface area contributed by atoms with Gasteiger partial charge < -0.3 is 11.1 Å². The zero-order valence-electron chi connectivity index (χ0n) is 9.61. The summed E-state index contributed by atoms with van der Waals surface area (Å²) < 4.78 is 1.56. The van der Waals surface area contributed by atoms with E-state index in [0.717, 1.165) is 0 Å². The maximum atomic E-state index is 11.7. The number of carbonyl (C=O) groups excluding carboxylic acids is 1. The molecule has 5 nitrogen and oxygen atoms in total. The smallest absolute Gasteiger partial charge is 0.228 e. The molecule has 1 amide bonds. The van der Waals surface area contributed by atoms with E-state index in [1.807, 2.05) is 20.8 Å². The van der Waals surface area contributed by atoms with Crippen molar-refractivity contribution in [3.63, 3.8) is 0 Å². The van der Waals surface area contributed by atoms with Gasteiger partial charge in [0.25, 0.3) is 0 Å². The second kappa shape index (κ2) is 4.33. The molecule has 0 fully saturated rings. The number of hydrogen-bond donors (Lipinski definition) is 2. The van der Waals surface area contributed by atoms with Crippen molar-refractivity contribution in [3.05, 3.63) is 6.20 Å². The van der Waals surface area contributed by atoms with Crippen molar-refractivity contribution in [1.29, 1.82) is 0 Å². The summed E-state index contributed by atoms with van der Waals surface area (Å²) in [5.74, 6) is 0.798. The Kier molecular flexibility index (Phi) is 3.34. The van der Waals surface area contributed by atoms with E-state index in [1.165, 1.54) is 6.20 Å². The predicted octanol–water partition coefficient (Wildman–Crippen LogP) is 1.23. The molecule has 1 aromatic heterocycles. The Bertz CT molecular complexity index is 337. The normalized spacial score (nSPS) is 12.9. The van der Waals surface area contributed by atoms with Crippen LogP contribution in [0.2, 0.25) is 0 Å². The Labute approximate surface area is 89.6 Å². The van der Waals surface area contributed by atoms with E-state index < -0.39 is 0 Å². The van der Waals surface area contributed by atoms with Crippen molar-refractivity contribution in [1.82, 2.24) is 9.78 Å². The molecular weight excluding hydrogens is 192 g/mol. The van der Waals surface area contributed by atoms with Gasteiger partial charge in [-0.3, -0.25) is 9.48 Å². The van der Waals surface area contributed by atoms with E-state index >= 15 is 0 Å². The fraction of sp³-hybridized carbons (Fsp3) is 0.600. The lowest BCUT2D eigenvalue weighted by Gasteiger charge is -2.15. The maximum absolute atomic E-state index is 11.7. The van der Waals surface area contributed by atoms with Crippen LogP contribution in [0.1, 0.15) is 20.8 Å². The van der Waals surface area contributed by atoms with Crippen molar-refractivity contribution in [2.24, 2.45) is 18.9 Å². The lowest BCUT2D eigenvalue weighted by molar-refractivity contribution is -0.120. The fourth-order valence-corrected chi connectivity index (χ4v) is 1.14. The molecule has 0 aliphatic carbocycles. The van der Waals surface area contributed by atoms with Crippen molar-refractivity contribution in [2.75, 3.05) is 11.1 Å². The van der Waals surface area contributed by atoms with Crippen LogP contribution in [0.25, 0.3) is 0 Å². The molecule has 3 N–H and O–H groups in total. The molecule has 0 saturated carbocycles. The fourth-order valence-electron chi connectivity index (χ4n) is 1.14. The van der Waals surface area contributed by atoms with Gasteiger partial charge >= 0.3 is 0 Å². The SMILES string of the molecule is CC(C)C(C)C(=O)Nc1c(N)cnn1C. The average Bonchev–Trinajstić information content (AvgIpc) is 2.47. The van der Waals surface area contributed by atoms with Gasteiger partial charge in [0.1, 0.15) is 0 Å². The summed E-state index contributed by atoms with van der Waals surface area (Å²) in [6.07, 6.45) is 1.52. The van der Waals surface area contributed by atoms with E-state index in [9.17, 15) is 4.79 Å². The maximum Gasteiger partial charge on any atom is 0.228 e. The highest BCUT2D eigenvalue weighted by atomic mass is 16.2. The van der Waals surface area contributed by atoms with Crippen molar-refractivity contribution in [2.45, 2.75) is 20.8 Å². The van der Waals surface area contributed by atoms with Crippen LogP contribution in [-0.4, -0.2) is 15.7 Å². The Morgan fingerprint density at radius 1 is 1.53 bits per heavy atom. The number of amides is 1. The topological polar surface area (TPSA) is 72.9 Å². The highest BCUT2D eigenvalue weighted by Gasteiger charge is 2.18. The molecule has 0 saturated heterocycles. The number of nitrogen functional groups attached to an aromatic ring is 1. The zero-order valence-corrected chi connectivity index (χ0v) is 9.61. The Hall–Kier alpha value is -1.52. The van der Waals surface area contributed by atoms with Gasteiger partial charge in [-0.15, -0.1) is 0 Å². The summed E-state index contributed by atoms with van der Waals surface area (Å²) in [6.45, 7) is 5.92. The molecule has 0 aliphatic heterocycles. The van der Waals surface area contributed by atoms with E-state index in [0.29, 0.717) is 17.4 Å². The quantitative estimate of drug-likeness (QED) is 0.788. The number of carbonyl (C=O) groups is 1. The number of anilines is 2. The second-order valence-electron chi connectivity index (χ2n) is 4.09. The molecule has 0 radical (unpaired) electrons. The lowest BCUT2D eigenvalue weighted by Crippen LogP contribution is -2.25. The molecule has 1 unspecified atom stereocenters. The molecule has 1 heterocycles. The molecule has 5 heteroatoms. The predicted molar refractivity (Wildman–Crippen MR) is 60.3 cm³/mol. The van der Waals surface area contributed by atoms with Crippen LogP contribution in [0, 0.1) is 11.8 Å². The third-order valence-electron chi connectivity index (χ3n) is 2.62. The molecular formula is C10H18N4O. The molecule has 0 aliphatic rings. The van der Waals surface area contributed by atoms with Gasteiger partial charge in [0.15, 0.2) is 5.82 Å². The first-order chi connectivity index (χ1) is 6.93. The molecule has 1 atom stereocenters. The number of aryl methyl sites for hydroxylation is 1. The second-order valence-corrected chi connectivity index (χ2v) is 4.09. The Balaban J connectivity index is 2.75. The summed E-state index contributed by atoms with van der Waals surface area (Å²) in [5.41, 5.74) is 6.16. The van der Waals surface area contributed by atoms with Gasteiger partial charge in [-0.2, -0.15) is 5.10 Å². The van der Waals surface area contributed by atoms with Crippen LogP contribution >= 0.6 is 0 Å². The van der Waals surface area contributed by atoms with Crippen molar-refractivity contribution in [3.8, 4) is 0 Å². The van der Waals surface area contributed by atoms with Gasteiger partial charge in [0.2, 0.25) is 5.91 Å². The van der Waals surface area contributed by atoms with E-state index in [2.05, 4.69) is 10.4 Å². The Morgan fingerprint density at radius 3 is 2.53 bits per heavy atom. The average molecular weight is 210 g/mol. The molecule has 15 heavy (non-hydrogen) atoms. The number of hydrogen-bond acceptors (Lipinski definition) is 3. The number of nitrogens with zero attached hydrogens (tertiary/aromatic N) is 2. The third-order valence-corrected chi connectivity index (χ3v) is 2.62. The van der Waals surface area contributed by atoms with Gasteiger partial charge in [-0.05, 0) is 5.92 Å². The van der Waals surface area contributed by atoms with Crippen LogP contribution in [-0.2, 0) is 11.8 Å². The lowest BCUT2D eigenvalue weighted by atomic mass is 9.97. The molecule has 1 rings (SSSR count). The minimum absolute atomic E-state index is 0.0275. The standard InChI is InChI=1S/C10H18N4O/c1-6(2)7(3)10(15)13-9-8(11)5-12-14(9)4/h5-7H,11H2,1-4H3,(H,13,15). The molecule has 1 aromatic rings. The number of nitrogens with one attached hydrogen (secondary N) is 1. The zero-order chi connectivity index (χ0) is 11.6. The van der Waals surface area contributed by atoms with Crippen LogP contribution < -0.4 is 11.1 Å². The summed E-state index contributed by atoms with van der Waals surface area (Å²) >= 11 is 0. The third kappa shape index (κ3) is 2.49. The minimum atomic E-state index is -0.0423. The van der Waals surface area contributed by atoms with Gasteiger partial charge in [0, 0.05) is 13.0 Å². The highest BCUT2D eigenvalue weighted by Crippen LogP contribution is 2.18. The highest BCUT2D eigenvalue weighted by molar-refractivity contribution is 5.94. The summed E-state index contributed by atoms with van der Waals surface area (Å²) in [6, 6.07) is 0. The summed E-state index contributed by atoms with van der Waals surface area (Å²) in [7, 11) is 1.74. The number of aromatic nitrogens is 2. The molecule has 0 spiro atoms. The van der Waals surface area contributed by atoms with Crippen molar-refractivity contribution >= 4 is 17.4 Å². The minimum Gasteiger partial charge on any atom is -0.394 e. The number of nitrogens with two attached hydrogens (primary N) is 1. The van der Waals surface area contributed by atoms with Crippen LogP contribution in [0.5, 0.6) is 0 Å². The van der Waals surface area contributed by atoms with Crippen LogP contribution in [0.3, 0.4) is 0 Å². The summed E-state index contributed by atoms with van der Waals surface area (Å²) in [4.78, 5) is 11.7. The first kappa shape index (κ1) is 11.6. The van der Waals surface area contributed by atoms with Gasteiger partial charge in [-0.25, -0.2) is 0 Å². The molecule has 0 bridgehead atoms. The van der Waals surface area contributed by atoms with Gasteiger partial charge in [-0.1, -0.05) is 20.8 Å². The monoisotopic (exact) mass is 210 g/mol. The van der Waals surface area contributed by atoms with Crippen LogP contribution in [0.15, 0.2) is 6.20 Å². The molecule has 84 valence electrons. The van der Waals surface area contributed by atoms with Gasteiger partial charge in [0.05, 0.1) is 11.9 Å². The van der Waals surface area contributed by atoms with E-state index in [4.69, 9.17) is 5.73 Å². The largest absolute Gasteiger partial charge is 0.394 e. The first-order valence-electron chi connectivity index (χ1n) is 5.01. The first-order valence-corrected chi connectivity index (χ1v) is 5.01. The van der Waals surface area contributed by atoms with E-state index in [-0.39, 0.29) is 11.8 Å². The van der Waals surface area contributed by atoms with E-state index in [1.54, 1.807) is 11.7 Å².